The number of rotatable bonds is 20. The van der Waals surface area contributed by atoms with Crippen molar-refractivity contribution in [3.05, 3.63) is 101 Å². The number of hydrogen-bond donors (Lipinski definition) is 4. The molecule has 0 saturated carbocycles. The van der Waals surface area contributed by atoms with Crippen LogP contribution in [0.2, 0.25) is 5.02 Å². The highest BCUT2D eigenvalue weighted by Crippen LogP contribution is 2.46. The molecule has 0 amide bonds. The fourth-order valence-electron chi connectivity index (χ4n) is 7.45. The zero-order valence-corrected chi connectivity index (χ0v) is 43.4. The summed E-state index contributed by atoms with van der Waals surface area (Å²) in [6.07, 6.45) is 0.0879. The standard InChI is InChI=1S/C46H39ClN10O12S5/c1-4-14-68-37-20-27-10-7-13-39(74(65,66)67)40(27)43-42(37)50-46(71-43)56-52-32-23-38(70-16-9-18-73(62,63)64)34(21-29(32)47)54-51-31-22-36(69-15-8-17-72(59,60)61)33(19-25(31)2)53-55-41-26(3)28(24-48)44-49-30-11-5-6-12-35(30)57(44)45(41)58/h1,5-7,10-13,19-23,58H,4,8-9,14-18H2,2-3H3,(H,59,60,61)(H,62,63,64)(H,65,66,67). The molecular formula is C46H39ClN10O12S5. The number of nitriles is 1. The summed E-state index contributed by atoms with van der Waals surface area (Å²) in [5, 5.41) is 48.7. The fourth-order valence-corrected chi connectivity index (χ4v) is 11.5. The van der Waals surface area contributed by atoms with E-state index in [1.54, 1.807) is 56.3 Å². The van der Waals surface area contributed by atoms with E-state index in [0.29, 0.717) is 31.6 Å². The molecule has 0 aliphatic carbocycles. The summed E-state index contributed by atoms with van der Waals surface area (Å²) in [5.41, 5.74) is 3.02. The number of aromatic nitrogens is 3. The molecule has 4 N–H and O–H groups in total. The molecular weight excluding hydrogens is 1080 g/mol. The number of pyridine rings is 1. The second-order valence-electron chi connectivity index (χ2n) is 16.0. The molecule has 74 heavy (non-hydrogen) atoms. The van der Waals surface area contributed by atoms with Gasteiger partial charge in [-0.2, -0.15) is 35.6 Å². The summed E-state index contributed by atoms with van der Waals surface area (Å²) in [6, 6.07) is 21.0. The van der Waals surface area contributed by atoms with E-state index in [-0.39, 0.29) is 127 Å². The second-order valence-corrected chi connectivity index (χ2v) is 23.1. The van der Waals surface area contributed by atoms with Crippen molar-refractivity contribution < 1.29 is 53.5 Å². The molecule has 0 unspecified atom stereocenters. The maximum absolute atomic E-state index is 12.4. The van der Waals surface area contributed by atoms with Gasteiger partial charge in [-0.3, -0.25) is 18.1 Å². The Morgan fingerprint density at radius 2 is 1.50 bits per heavy atom. The molecule has 3 heterocycles. The Balaban J connectivity index is 1.16. The number of halogens is 1. The minimum absolute atomic E-state index is 0.0347. The fraction of sp³-hybridized carbons (Fsp3) is 0.217. The van der Waals surface area contributed by atoms with E-state index >= 15 is 0 Å². The average Bonchev–Trinajstić information content (AvgIpc) is 3.95. The molecule has 0 spiro atoms. The quantitative estimate of drug-likeness (QED) is 0.0238. The van der Waals surface area contributed by atoms with Crippen LogP contribution in [0.3, 0.4) is 0 Å². The molecule has 0 aliphatic heterocycles. The third-order valence-corrected chi connectivity index (χ3v) is 15.7. The van der Waals surface area contributed by atoms with Crippen LogP contribution in [0.25, 0.3) is 37.7 Å². The lowest BCUT2D eigenvalue weighted by Crippen LogP contribution is -2.08. The largest absolute Gasteiger partial charge is 0.493 e. The Labute approximate surface area is 435 Å². The summed E-state index contributed by atoms with van der Waals surface area (Å²) in [4.78, 5) is 9.12. The lowest BCUT2D eigenvalue weighted by molar-refractivity contribution is 0.317. The zero-order valence-electron chi connectivity index (χ0n) is 38.6. The third kappa shape index (κ3) is 12.1. The molecule has 2 radical (unpaired) electrons. The highest BCUT2D eigenvalue weighted by atomic mass is 35.5. The van der Waals surface area contributed by atoms with Crippen molar-refractivity contribution in [3.8, 4) is 23.4 Å². The first-order valence-electron chi connectivity index (χ1n) is 21.7. The number of azo groups is 3. The van der Waals surface area contributed by atoms with E-state index in [1.165, 1.54) is 34.7 Å². The first-order chi connectivity index (χ1) is 35.1. The molecule has 382 valence electrons. The molecule has 3 aromatic heterocycles. The van der Waals surface area contributed by atoms with E-state index in [2.05, 4.69) is 46.7 Å². The van der Waals surface area contributed by atoms with Crippen molar-refractivity contribution in [2.45, 2.75) is 42.9 Å². The molecule has 22 nitrogen and oxygen atoms in total. The van der Waals surface area contributed by atoms with Gasteiger partial charge in [-0.15, -0.1) is 37.3 Å². The highest BCUT2D eigenvalue weighted by Gasteiger charge is 2.23. The molecule has 0 atom stereocenters. The van der Waals surface area contributed by atoms with Gasteiger partial charge in [0.1, 0.15) is 50.6 Å². The number of ether oxygens (including phenoxy) is 2. The van der Waals surface area contributed by atoms with Gasteiger partial charge in [-0.1, -0.05) is 47.2 Å². The number of imidazole rings is 1. The van der Waals surface area contributed by atoms with Crippen LogP contribution in [0.5, 0.6) is 17.4 Å². The molecule has 0 aliphatic rings. The number of fused-ring (bicyclic) bond motifs is 6. The first-order valence-corrected chi connectivity index (χ1v) is 28.6. The van der Waals surface area contributed by atoms with Gasteiger partial charge < -0.3 is 14.6 Å². The number of thiazole rings is 1. The third-order valence-electron chi connectivity index (χ3n) is 10.8. The van der Waals surface area contributed by atoms with Crippen LogP contribution in [-0.2, 0) is 30.4 Å². The SMILES string of the molecule is [CH]CCOc1cc2cccc(S(=O)(=O)O)c2c2sc(N=Nc3cc(SCCCS(=O)(=O)O)c(N=Nc4cc(OCCCS(=O)(=O)O)c(N=Nc5c(C)c(C#N)c6nc7ccccc7n6c5O)cc4C)cc3Cl)nc12. The summed E-state index contributed by atoms with van der Waals surface area (Å²) < 4.78 is 113. The monoisotopic (exact) mass is 1120 g/mol. The second kappa shape index (κ2) is 22.0. The molecule has 28 heteroatoms. The molecule has 5 aromatic carbocycles. The number of aromatic hydroxyl groups is 1. The summed E-state index contributed by atoms with van der Waals surface area (Å²) in [5.74, 6) is -0.972. The van der Waals surface area contributed by atoms with E-state index in [4.69, 9.17) is 28.0 Å². The highest BCUT2D eigenvalue weighted by molar-refractivity contribution is 7.99. The molecule has 0 saturated heterocycles. The van der Waals surface area contributed by atoms with Gasteiger partial charge in [-0.05, 0) is 99.2 Å². The minimum atomic E-state index is -4.67. The molecule has 0 bridgehead atoms. The van der Waals surface area contributed by atoms with Crippen LogP contribution in [0.1, 0.15) is 36.0 Å². The van der Waals surface area contributed by atoms with Gasteiger partial charge in [-0.25, -0.2) is 9.97 Å². The maximum atomic E-state index is 12.4. The maximum Gasteiger partial charge on any atom is 0.295 e. The van der Waals surface area contributed by atoms with Crippen molar-refractivity contribution in [3.63, 3.8) is 0 Å². The molecule has 8 rings (SSSR count). The number of thioether (sulfide) groups is 1. The van der Waals surface area contributed by atoms with E-state index in [1.807, 2.05) is 0 Å². The van der Waals surface area contributed by atoms with Gasteiger partial charge >= 0.3 is 0 Å². The number of nitrogens with zero attached hydrogens (tertiary/aromatic N) is 10. The smallest absolute Gasteiger partial charge is 0.295 e. The lowest BCUT2D eigenvalue weighted by atomic mass is 10.1. The first kappa shape index (κ1) is 53.5. The average molecular weight is 1120 g/mol. The van der Waals surface area contributed by atoms with Gasteiger partial charge in [0.25, 0.3) is 30.4 Å². The van der Waals surface area contributed by atoms with Crippen LogP contribution in [0, 0.1) is 32.1 Å². The van der Waals surface area contributed by atoms with E-state index < -0.39 is 41.9 Å². The molecule has 0 fully saturated rings. The molecule has 8 aromatic rings. The van der Waals surface area contributed by atoms with Gasteiger partial charge in [0, 0.05) is 21.9 Å². The zero-order chi connectivity index (χ0) is 53.1. The van der Waals surface area contributed by atoms with E-state index in [9.17, 15) is 49.3 Å². The lowest BCUT2D eigenvalue weighted by Gasteiger charge is -2.12. The Morgan fingerprint density at radius 3 is 2.23 bits per heavy atom. The summed E-state index contributed by atoms with van der Waals surface area (Å²) in [6.45, 7) is 8.85. The van der Waals surface area contributed by atoms with Crippen LogP contribution in [0.15, 0.2) is 113 Å². The van der Waals surface area contributed by atoms with Crippen LogP contribution >= 0.6 is 34.7 Å². The van der Waals surface area contributed by atoms with Crippen molar-refractivity contribution >= 4 is 136 Å². The van der Waals surface area contributed by atoms with Crippen molar-refractivity contribution in [2.75, 3.05) is 30.5 Å². The number of hydrogen-bond acceptors (Lipinski definition) is 20. The normalized spacial score (nSPS) is 12.7. The van der Waals surface area contributed by atoms with Crippen LogP contribution in [-0.4, -0.2) is 88.9 Å². The Morgan fingerprint density at radius 1 is 0.797 bits per heavy atom. The van der Waals surface area contributed by atoms with Crippen molar-refractivity contribution in [2.24, 2.45) is 30.7 Å². The van der Waals surface area contributed by atoms with E-state index in [0.717, 1.165) is 23.1 Å². The van der Waals surface area contributed by atoms with Gasteiger partial charge in [0.2, 0.25) is 11.0 Å². The predicted molar refractivity (Wildman–Crippen MR) is 279 cm³/mol. The number of para-hydroxylation sites is 2. The number of benzene rings is 5. The topological polar surface area (TPSA) is 330 Å². The van der Waals surface area contributed by atoms with Gasteiger partial charge in [0.05, 0.1) is 51.2 Å². The Hall–Kier alpha value is -6.74. The van der Waals surface area contributed by atoms with Gasteiger partial charge in [0.15, 0.2) is 11.3 Å². The minimum Gasteiger partial charge on any atom is -0.493 e. The predicted octanol–water partition coefficient (Wildman–Crippen LogP) is 12.1. The number of aryl methyl sites for hydroxylation is 1. The van der Waals surface area contributed by atoms with Crippen LogP contribution < -0.4 is 9.47 Å². The van der Waals surface area contributed by atoms with Crippen LogP contribution in [0.4, 0.5) is 33.6 Å². The Kier molecular flexibility index (Phi) is 15.9. The Bertz CT molecular complexity index is 4030. The van der Waals surface area contributed by atoms with Crippen molar-refractivity contribution in [1.82, 2.24) is 14.4 Å². The van der Waals surface area contributed by atoms with Crippen molar-refractivity contribution in [1.29, 1.82) is 5.26 Å². The summed E-state index contributed by atoms with van der Waals surface area (Å²) in [7, 11) is -13.3. The summed E-state index contributed by atoms with van der Waals surface area (Å²) >= 11 is 8.89.